The van der Waals surface area contributed by atoms with Gasteiger partial charge in [0.15, 0.2) is 5.76 Å². The third-order valence-corrected chi connectivity index (χ3v) is 4.23. The van der Waals surface area contributed by atoms with Crippen LogP contribution in [0, 0.1) is 11.3 Å². The smallest absolute Gasteiger partial charge is 0.225 e. The lowest BCUT2D eigenvalue weighted by Gasteiger charge is -2.06. The fraction of sp³-hybridized carbons (Fsp3) is 0.125. The lowest BCUT2D eigenvalue weighted by atomic mass is 10.2. The molecule has 3 N–H and O–H groups in total. The fourth-order valence-electron chi connectivity index (χ4n) is 2.09. The van der Waals surface area contributed by atoms with Gasteiger partial charge in [0.1, 0.15) is 6.07 Å². The van der Waals surface area contributed by atoms with E-state index in [-0.39, 0.29) is 12.3 Å². The molecule has 25 heavy (non-hydrogen) atoms. The Bertz CT molecular complexity index is 913. The highest BCUT2D eigenvalue weighted by atomic mass is 32.2. The highest BCUT2D eigenvalue weighted by Crippen LogP contribution is 2.22. The Morgan fingerprint density at radius 3 is 2.92 bits per heavy atom. The van der Waals surface area contributed by atoms with Crippen molar-refractivity contribution >= 4 is 23.4 Å². The van der Waals surface area contributed by atoms with Crippen LogP contribution in [0.5, 0.6) is 0 Å². The number of furan rings is 1. The van der Waals surface area contributed by atoms with Crippen molar-refractivity contribution in [1.82, 2.24) is 14.9 Å². The molecule has 0 unspecified atom stereocenters. The third-order valence-electron chi connectivity index (χ3n) is 3.29. The predicted octanol–water partition coefficient (Wildman–Crippen LogP) is 2.24. The average Bonchev–Trinajstić information content (AvgIpc) is 3.26. The highest BCUT2D eigenvalue weighted by Gasteiger charge is 2.14. The van der Waals surface area contributed by atoms with E-state index in [4.69, 9.17) is 15.5 Å². The number of hydrogen-bond acceptors (Lipinski definition) is 7. The number of benzene rings is 1. The first-order valence-corrected chi connectivity index (χ1v) is 8.33. The Labute approximate surface area is 147 Å². The van der Waals surface area contributed by atoms with Crippen molar-refractivity contribution in [3.05, 3.63) is 48.2 Å². The van der Waals surface area contributed by atoms with Crippen molar-refractivity contribution in [2.45, 2.75) is 11.6 Å². The number of nitrogen functional groups attached to an aromatic ring is 1. The van der Waals surface area contributed by atoms with Crippen LogP contribution >= 0.6 is 11.8 Å². The van der Waals surface area contributed by atoms with Gasteiger partial charge in [-0.15, -0.1) is 10.2 Å². The molecule has 2 aromatic heterocycles. The number of nitriles is 1. The summed E-state index contributed by atoms with van der Waals surface area (Å²) >= 11 is 1.31. The molecule has 8 nitrogen and oxygen atoms in total. The number of nitrogens with zero attached hydrogens (tertiary/aromatic N) is 4. The fourth-order valence-corrected chi connectivity index (χ4v) is 2.88. The van der Waals surface area contributed by atoms with Gasteiger partial charge in [0.25, 0.3) is 0 Å². The molecule has 0 radical (unpaired) electrons. The maximum absolute atomic E-state index is 12.0. The minimum Gasteiger partial charge on any atom is -0.461 e. The topological polar surface area (TPSA) is 123 Å². The summed E-state index contributed by atoms with van der Waals surface area (Å²) in [5, 5.41) is 20.2. The predicted molar refractivity (Wildman–Crippen MR) is 93.0 cm³/mol. The van der Waals surface area contributed by atoms with Crippen LogP contribution in [-0.2, 0) is 4.79 Å². The molecule has 0 fully saturated rings. The monoisotopic (exact) mass is 354 g/mol. The molecule has 2 heterocycles. The first kappa shape index (κ1) is 16.6. The first-order chi connectivity index (χ1) is 12.2. The Hall–Kier alpha value is -3.25. The molecule has 0 spiro atoms. The quantitative estimate of drug-likeness (QED) is 0.514. The third kappa shape index (κ3) is 3.81. The van der Waals surface area contributed by atoms with Crippen LogP contribution in [0.4, 0.5) is 5.69 Å². The van der Waals surface area contributed by atoms with Gasteiger partial charge in [-0.05, 0) is 24.3 Å². The second-order valence-corrected chi connectivity index (χ2v) is 6.02. The lowest BCUT2D eigenvalue weighted by Crippen LogP contribution is -2.14. The normalized spacial score (nSPS) is 10.4. The minimum atomic E-state index is -0.190. The van der Waals surface area contributed by atoms with Gasteiger partial charge in [-0.1, -0.05) is 23.9 Å². The molecule has 0 atom stereocenters. The second-order valence-electron chi connectivity index (χ2n) is 4.96. The number of thioether (sulfide) groups is 1. The first-order valence-electron chi connectivity index (χ1n) is 7.35. The van der Waals surface area contributed by atoms with Crippen LogP contribution in [0.3, 0.4) is 0 Å². The van der Waals surface area contributed by atoms with Crippen molar-refractivity contribution in [2.24, 2.45) is 0 Å². The van der Waals surface area contributed by atoms with E-state index in [9.17, 15) is 4.79 Å². The van der Waals surface area contributed by atoms with Crippen LogP contribution in [0.1, 0.15) is 12.0 Å². The van der Waals surface area contributed by atoms with Crippen molar-refractivity contribution in [1.29, 1.82) is 5.26 Å². The number of rotatable bonds is 6. The van der Waals surface area contributed by atoms with E-state index in [1.807, 2.05) is 6.07 Å². The number of para-hydroxylation sites is 1. The average molecular weight is 354 g/mol. The van der Waals surface area contributed by atoms with E-state index >= 15 is 0 Å². The van der Waals surface area contributed by atoms with Gasteiger partial charge >= 0.3 is 0 Å². The molecule has 3 rings (SSSR count). The Morgan fingerprint density at radius 1 is 1.32 bits per heavy atom. The lowest BCUT2D eigenvalue weighted by molar-refractivity contribution is -0.115. The van der Waals surface area contributed by atoms with Gasteiger partial charge in [0.05, 0.1) is 17.5 Å². The van der Waals surface area contributed by atoms with Crippen molar-refractivity contribution in [2.75, 3.05) is 16.9 Å². The molecule has 126 valence electrons. The molecule has 0 aliphatic carbocycles. The summed E-state index contributed by atoms with van der Waals surface area (Å²) in [7, 11) is 0. The summed E-state index contributed by atoms with van der Waals surface area (Å²) in [6.45, 7) is 0. The van der Waals surface area contributed by atoms with E-state index in [0.29, 0.717) is 33.7 Å². The van der Waals surface area contributed by atoms with Gasteiger partial charge in [-0.3, -0.25) is 4.79 Å². The van der Waals surface area contributed by atoms with Gasteiger partial charge in [0, 0.05) is 12.2 Å². The zero-order valence-corrected chi connectivity index (χ0v) is 13.9. The van der Waals surface area contributed by atoms with E-state index in [1.165, 1.54) is 22.7 Å². The number of carbonyl (C=O) groups is 1. The molecule has 0 aliphatic heterocycles. The number of amides is 1. The number of nitrogens with two attached hydrogens (primary N) is 1. The maximum Gasteiger partial charge on any atom is 0.225 e. The molecule has 1 aromatic carbocycles. The van der Waals surface area contributed by atoms with Crippen LogP contribution < -0.4 is 11.2 Å². The Morgan fingerprint density at radius 2 is 2.16 bits per heavy atom. The summed E-state index contributed by atoms with van der Waals surface area (Å²) in [5.41, 5.74) is 0.926. The van der Waals surface area contributed by atoms with Gasteiger partial charge in [-0.2, -0.15) is 5.26 Å². The number of nitrogens with one attached hydrogen (secondary N) is 1. The van der Waals surface area contributed by atoms with Crippen molar-refractivity contribution in [3.8, 4) is 17.7 Å². The minimum absolute atomic E-state index is 0.190. The van der Waals surface area contributed by atoms with Crippen molar-refractivity contribution in [3.63, 3.8) is 0 Å². The molecular formula is C16H14N6O2S. The van der Waals surface area contributed by atoms with Gasteiger partial charge in [0.2, 0.25) is 16.9 Å². The van der Waals surface area contributed by atoms with Crippen LogP contribution in [0.15, 0.2) is 52.2 Å². The number of carbonyl (C=O) groups excluding carboxylic acids is 1. The molecule has 1 amide bonds. The summed E-state index contributed by atoms with van der Waals surface area (Å²) < 4.78 is 6.57. The summed E-state index contributed by atoms with van der Waals surface area (Å²) in [5.74, 6) is 7.16. The molecule has 0 saturated heterocycles. The van der Waals surface area contributed by atoms with Crippen LogP contribution in [-0.4, -0.2) is 26.5 Å². The van der Waals surface area contributed by atoms with E-state index in [0.717, 1.165) is 0 Å². The zero-order chi connectivity index (χ0) is 17.6. The maximum atomic E-state index is 12.0. The zero-order valence-electron chi connectivity index (χ0n) is 13.0. The van der Waals surface area contributed by atoms with Crippen LogP contribution in [0.2, 0.25) is 0 Å². The number of aromatic nitrogens is 3. The summed E-state index contributed by atoms with van der Waals surface area (Å²) in [6, 6.07) is 12.4. The van der Waals surface area contributed by atoms with Crippen molar-refractivity contribution < 1.29 is 9.21 Å². The molecular weight excluding hydrogens is 340 g/mol. The van der Waals surface area contributed by atoms with E-state index < -0.39 is 0 Å². The molecule has 0 saturated carbocycles. The van der Waals surface area contributed by atoms with Gasteiger partial charge in [-0.25, -0.2) is 4.68 Å². The highest BCUT2D eigenvalue weighted by molar-refractivity contribution is 7.99. The molecule has 0 bridgehead atoms. The number of hydrogen-bond donors (Lipinski definition) is 2. The SMILES string of the molecule is N#Cc1ccccc1NC(=O)CCSc1nnc(-c2ccco2)n1N. The molecule has 3 aromatic rings. The van der Waals surface area contributed by atoms with Gasteiger partial charge < -0.3 is 15.6 Å². The Balaban J connectivity index is 1.55. The van der Waals surface area contributed by atoms with E-state index in [1.54, 1.807) is 36.4 Å². The molecule has 0 aliphatic rings. The standard InChI is InChI=1S/C16H14N6O2S/c17-10-11-4-1-2-5-12(11)19-14(23)7-9-25-16-21-20-15(22(16)18)13-6-3-8-24-13/h1-6,8H,7,9,18H2,(H,19,23). The largest absolute Gasteiger partial charge is 0.461 e. The van der Waals surface area contributed by atoms with Crippen LogP contribution in [0.25, 0.3) is 11.6 Å². The van der Waals surface area contributed by atoms with E-state index in [2.05, 4.69) is 15.5 Å². The Kier molecular flexibility index (Phi) is 5.01. The summed E-state index contributed by atoms with van der Waals surface area (Å²) in [4.78, 5) is 12.0. The summed E-state index contributed by atoms with van der Waals surface area (Å²) in [6.07, 6.45) is 1.77. The number of anilines is 1. The molecule has 9 heteroatoms. The second kappa shape index (κ2) is 7.55.